The van der Waals surface area contributed by atoms with E-state index in [2.05, 4.69) is 31.1 Å². The monoisotopic (exact) mass is 384 g/mol. The normalized spacial score (nSPS) is 17.0. The number of amides is 1. The SMILES string of the molecule is COc1ccc(C2CSc3ccccc3N(CCCCN(C)C)C2=O)cc1. The number of unbranched alkanes of at least 4 members (excludes halogenated alkanes) is 1. The largest absolute Gasteiger partial charge is 0.497 e. The summed E-state index contributed by atoms with van der Waals surface area (Å²) in [6, 6.07) is 16.2. The van der Waals surface area contributed by atoms with E-state index in [0.717, 1.165) is 48.7 Å². The van der Waals surface area contributed by atoms with Crippen molar-refractivity contribution in [1.29, 1.82) is 0 Å². The van der Waals surface area contributed by atoms with Gasteiger partial charge in [0.25, 0.3) is 0 Å². The topological polar surface area (TPSA) is 32.8 Å². The van der Waals surface area contributed by atoms with Crippen LogP contribution in [0.5, 0.6) is 5.75 Å². The van der Waals surface area contributed by atoms with Crippen LogP contribution in [-0.2, 0) is 4.79 Å². The summed E-state index contributed by atoms with van der Waals surface area (Å²) in [6.07, 6.45) is 2.08. The molecule has 0 saturated heterocycles. The summed E-state index contributed by atoms with van der Waals surface area (Å²) in [5.74, 6) is 1.64. The lowest BCUT2D eigenvalue weighted by Gasteiger charge is -2.26. The molecular formula is C22H28N2O2S. The zero-order valence-corrected chi connectivity index (χ0v) is 17.2. The second-order valence-electron chi connectivity index (χ2n) is 7.10. The van der Waals surface area contributed by atoms with E-state index in [1.165, 1.54) is 4.90 Å². The van der Waals surface area contributed by atoms with Gasteiger partial charge in [-0.15, -0.1) is 11.8 Å². The molecule has 0 saturated carbocycles. The molecule has 1 aliphatic heterocycles. The number of hydrogen-bond acceptors (Lipinski definition) is 4. The first-order valence-electron chi connectivity index (χ1n) is 9.42. The Hall–Kier alpha value is -1.98. The molecule has 1 atom stereocenters. The number of anilines is 1. The van der Waals surface area contributed by atoms with Crippen LogP contribution in [0, 0.1) is 0 Å². The fourth-order valence-electron chi connectivity index (χ4n) is 3.36. The molecule has 0 spiro atoms. The van der Waals surface area contributed by atoms with Crippen molar-refractivity contribution in [3.8, 4) is 5.75 Å². The average molecular weight is 385 g/mol. The van der Waals surface area contributed by atoms with E-state index < -0.39 is 0 Å². The van der Waals surface area contributed by atoms with Crippen LogP contribution < -0.4 is 9.64 Å². The van der Waals surface area contributed by atoms with Gasteiger partial charge in [0.1, 0.15) is 5.75 Å². The highest BCUT2D eigenvalue weighted by Crippen LogP contribution is 2.39. The van der Waals surface area contributed by atoms with Gasteiger partial charge in [-0.05, 0) is 63.3 Å². The fraction of sp³-hybridized carbons (Fsp3) is 0.409. The number of nitrogens with zero attached hydrogens (tertiary/aromatic N) is 2. The second kappa shape index (κ2) is 9.29. The number of para-hydroxylation sites is 1. The molecule has 2 aromatic rings. The molecule has 5 heteroatoms. The molecule has 1 unspecified atom stereocenters. The molecule has 27 heavy (non-hydrogen) atoms. The number of carbonyl (C=O) groups excluding carboxylic acids is 1. The zero-order valence-electron chi connectivity index (χ0n) is 16.4. The Bertz CT molecular complexity index is 761. The Morgan fingerprint density at radius 3 is 2.56 bits per heavy atom. The molecule has 1 amide bonds. The smallest absolute Gasteiger partial charge is 0.235 e. The highest BCUT2D eigenvalue weighted by atomic mass is 32.2. The minimum absolute atomic E-state index is 0.137. The van der Waals surface area contributed by atoms with Crippen molar-refractivity contribution in [1.82, 2.24) is 4.90 Å². The van der Waals surface area contributed by atoms with Crippen LogP contribution in [0.2, 0.25) is 0 Å². The van der Waals surface area contributed by atoms with E-state index in [4.69, 9.17) is 4.74 Å². The van der Waals surface area contributed by atoms with Gasteiger partial charge in [-0.1, -0.05) is 24.3 Å². The number of rotatable bonds is 7. The third kappa shape index (κ3) is 4.85. The van der Waals surface area contributed by atoms with Gasteiger partial charge in [0.2, 0.25) is 5.91 Å². The lowest BCUT2D eigenvalue weighted by Crippen LogP contribution is -2.36. The van der Waals surface area contributed by atoms with Gasteiger partial charge < -0.3 is 14.5 Å². The third-order valence-corrected chi connectivity index (χ3v) is 6.04. The van der Waals surface area contributed by atoms with Gasteiger partial charge in [0.05, 0.1) is 18.7 Å². The number of hydrogen-bond donors (Lipinski definition) is 0. The second-order valence-corrected chi connectivity index (χ2v) is 8.17. The van der Waals surface area contributed by atoms with Crippen molar-refractivity contribution in [2.24, 2.45) is 0 Å². The quantitative estimate of drug-likeness (QED) is 0.668. The van der Waals surface area contributed by atoms with Gasteiger partial charge >= 0.3 is 0 Å². The highest BCUT2D eigenvalue weighted by molar-refractivity contribution is 7.99. The zero-order chi connectivity index (χ0) is 19.2. The third-order valence-electron chi connectivity index (χ3n) is 4.88. The molecule has 3 rings (SSSR count). The molecule has 144 valence electrons. The van der Waals surface area contributed by atoms with Gasteiger partial charge in [0, 0.05) is 17.2 Å². The summed E-state index contributed by atoms with van der Waals surface area (Å²) in [7, 11) is 5.83. The van der Waals surface area contributed by atoms with Crippen LogP contribution in [0.25, 0.3) is 0 Å². The van der Waals surface area contributed by atoms with Gasteiger partial charge in [-0.25, -0.2) is 0 Å². The number of carbonyl (C=O) groups is 1. The number of methoxy groups -OCH3 is 1. The Balaban J connectivity index is 1.83. The summed E-state index contributed by atoms with van der Waals surface area (Å²) in [5.41, 5.74) is 2.10. The Morgan fingerprint density at radius 1 is 1.11 bits per heavy atom. The number of thioether (sulfide) groups is 1. The molecule has 0 radical (unpaired) electrons. The van der Waals surface area contributed by atoms with Crippen LogP contribution >= 0.6 is 11.8 Å². The Kier molecular flexibility index (Phi) is 6.80. The molecule has 1 heterocycles. The first-order valence-corrected chi connectivity index (χ1v) is 10.4. The van der Waals surface area contributed by atoms with Gasteiger partial charge in [-0.2, -0.15) is 0 Å². The predicted molar refractivity (Wildman–Crippen MR) is 113 cm³/mol. The lowest BCUT2D eigenvalue weighted by molar-refractivity contribution is -0.119. The maximum atomic E-state index is 13.5. The number of fused-ring (bicyclic) bond motifs is 1. The van der Waals surface area contributed by atoms with Crippen LogP contribution in [0.4, 0.5) is 5.69 Å². The van der Waals surface area contributed by atoms with E-state index in [-0.39, 0.29) is 11.8 Å². The number of ether oxygens (including phenoxy) is 1. The van der Waals surface area contributed by atoms with Crippen LogP contribution in [-0.4, -0.2) is 50.9 Å². The minimum atomic E-state index is -0.137. The van der Waals surface area contributed by atoms with Crippen LogP contribution in [0.15, 0.2) is 53.4 Å². The highest BCUT2D eigenvalue weighted by Gasteiger charge is 2.31. The maximum absolute atomic E-state index is 13.5. The van der Waals surface area contributed by atoms with Crippen molar-refractivity contribution < 1.29 is 9.53 Å². The minimum Gasteiger partial charge on any atom is -0.497 e. The van der Waals surface area contributed by atoms with E-state index in [1.807, 2.05) is 41.3 Å². The summed E-state index contributed by atoms with van der Waals surface area (Å²) in [4.78, 5) is 18.8. The summed E-state index contributed by atoms with van der Waals surface area (Å²) >= 11 is 1.77. The van der Waals surface area contributed by atoms with Gasteiger partial charge in [-0.3, -0.25) is 4.79 Å². The summed E-state index contributed by atoms with van der Waals surface area (Å²) in [5, 5.41) is 0. The summed E-state index contributed by atoms with van der Waals surface area (Å²) < 4.78 is 5.26. The lowest BCUT2D eigenvalue weighted by atomic mass is 9.99. The standard InChI is InChI=1S/C22H28N2O2S/c1-23(2)14-6-7-15-24-20-8-4-5-9-21(20)27-16-19(22(24)25)17-10-12-18(26-3)13-11-17/h4-5,8-13,19H,6-7,14-16H2,1-3H3. The molecule has 0 N–H and O–H groups in total. The molecule has 0 aromatic heterocycles. The van der Waals surface area contributed by atoms with E-state index in [1.54, 1.807) is 18.9 Å². The van der Waals surface area contributed by atoms with E-state index in [0.29, 0.717) is 0 Å². The van der Waals surface area contributed by atoms with E-state index in [9.17, 15) is 4.79 Å². The molecule has 1 aliphatic rings. The maximum Gasteiger partial charge on any atom is 0.235 e. The average Bonchev–Trinajstić information content (AvgIpc) is 2.82. The first-order chi connectivity index (χ1) is 13.1. The fourth-order valence-corrected chi connectivity index (χ4v) is 4.54. The van der Waals surface area contributed by atoms with Crippen molar-refractivity contribution >= 4 is 23.4 Å². The van der Waals surface area contributed by atoms with Crippen molar-refractivity contribution in [3.05, 3.63) is 54.1 Å². The van der Waals surface area contributed by atoms with Crippen LogP contribution in [0.3, 0.4) is 0 Å². The molecule has 4 nitrogen and oxygen atoms in total. The molecule has 2 aromatic carbocycles. The van der Waals surface area contributed by atoms with Crippen molar-refractivity contribution in [3.63, 3.8) is 0 Å². The van der Waals surface area contributed by atoms with E-state index >= 15 is 0 Å². The molecule has 0 bridgehead atoms. The Morgan fingerprint density at radius 2 is 1.85 bits per heavy atom. The molecular weight excluding hydrogens is 356 g/mol. The van der Waals surface area contributed by atoms with Gasteiger partial charge in [0.15, 0.2) is 0 Å². The molecule has 0 aliphatic carbocycles. The summed E-state index contributed by atoms with van der Waals surface area (Å²) in [6.45, 7) is 1.80. The van der Waals surface area contributed by atoms with Crippen molar-refractivity contribution in [2.45, 2.75) is 23.7 Å². The van der Waals surface area contributed by atoms with Crippen molar-refractivity contribution in [2.75, 3.05) is 44.9 Å². The molecule has 0 fully saturated rings. The van der Waals surface area contributed by atoms with Crippen LogP contribution in [0.1, 0.15) is 24.3 Å². The Labute approximate surface area is 166 Å². The predicted octanol–water partition coefficient (Wildman–Crippen LogP) is 4.26. The first kappa shape index (κ1) is 19.8. The number of benzene rings is 2.